The van der Waals surface area contributed by atoms with Crippen LogP contribution in [0.5, 0.6) is 0 Å². The zero-order chi connectivity index (χ0) is 43.4. The number of likely N-dealkylation sites (tertiary alicyclic amines) is 2. The monoisotopic (exact) mass is 840 g/mol. The van der Waals surface area contributed by atoms with Crippen LogP contribution in [0.4, 0.5) is 9.59 Å². The highest BCUT2D eigenvalue weighted by molar-refractivity contribution is 5.88. The highest BCUT2D eigenvalue weighted by Crippen LogP contribution is 2.58. The molecule has 6 unspecified atom stereocenters. The molecular weight excluding hydrogens is 785 g/mol. The molecule has 2 saturated carbocycles. The van der Waals surface area contributed by atoms with Gasteiger partial charge in [-0.05, 0) is 102 Å². The van der Waals surface area contributed by atoms with Crippen molar-refractivity contribution in [2.45, 2.75) is 96.4 Å². The fraction of sp³-hybridized carbons (Fsp3) is 0.458. The van der Waals surface area contributed by atoms with Crippen LogP contribution in [-0.4, -0.2) is 92.6 Å². The second-order valence-corrected chi connectivity index (χ2v) is 18.5. The Labute approximate surface area is 361 Å². The number of hydrogen-bond donors (Lipinski definition) is 4. The first-order valence-electron chi connectivity index (χ1n) is 21.9. The molecule has 4 N–H and O–H groups in total. The van der Waals surface area contributed by atoms with Crippen LogP contribution >= 0.6 is 0 Å². The molecule has 3 aromatic carbocycles. The lowest BCUT2D eigenvalue weighted by Crippen LogP contribution is -2.54. The van der Waals surface area contributed by atoms with Gasteiger partial charge in [0.2, 0.25) is 11.8 Å². The molecule has 324 valence electrons. The van der Waals surface area contributed by atoms with Gasteiger partial charge in [-0.1, -0.05) is 82.3 Å². The van der Waals surface area contributed by atoms with Gasteiger partial charge in [0.15, 0.2) is 0 Å². The summed E-state index contributed by atoms with van der Waals surface area (Å²) in [6, 6.07) is 21.5. The molecule has 2 aliphatic heterocycles. The molecule has 9 rings (SSSR count). The van der Waals surface area contributed by atoms with Crippen LogP contribution in [0.15, 0.2) is 72.9 Å². The molecule has 0 radical (unpaired) electrons. The number of H-pyrrole nitrogens is 2. The Morgan fingerprint density at radius 2 is 1.32 bits per heavy atom. The van der Waals surface area contributed by atoms with Crippen molar-refractivity contribution < 1.29 is 28.7 Å². The zero-order valence-electron chi connectivity index (χ0n) is 36.2. The lowest BCUT2D eigenvalue weighted by atomic mass is 9.95. The number of nitrogens with zero attached hydrogens (tertiary/aromatic N) is 4. The molecule has 1 spiro atoms. The summed E-state index contributed by atoms with van der Waals surface area (Å²) in [6.45, 7) is 8.38. The Kier molecular flexibility index (Phi) is 10.8. The van der Waals surface area contributed by atoms with Crippen LogP contribution in [0.2, 0.25) is 0 Å². The number of carbonyl (C=O) groups is 4. The summed E-state index contributed by atoms with van der Waals surface area (Å²) in [5.41, 5.74) is 8.07. The Morgan fingerprint density at radius 3 is 1.92 bits per heavy atom. The van der Waals surface area contributed by atoms with Crippen LogP contribution in [0.3, 0.4) is 0 Å². The SMILES string of the molecule is COC(=O)NC(C(=O)N1CC2(CC2)CC1c1ncc(-c2ccc(-c3ccc(-c4ccc5nc(C6C7CCC(C7)N6C(=O)C(NC(=O)OC)C(C)C)[nH]c5c4)cc3)cc2)[nH]1)C(C)C. The number of carbonyl (C=O) groups excluding carboxylic acids is 4. The van der Waals surface area contributed by atoms with Crippen molar-refractivity contribution >= 4 is 35.0 Å². The van der Waals surface area contributed by atoms with E-state index in [4.69, 9.17) is 19.4 Å². The number of aromatic amines is 2. The first kappa shape index (κ1) is 41.2. The standard InChI is InChI=1S/C48H56N8O6/c1-26(2)39(53-46(59)61-5)44(57)55-25-48(19-20-48)23-38(55)42-49-24-37(52-42)31-13-11-29(12-14-31)28-7-9-30(10-8-28)32-16-18-35-36(22-32)51-43(50-35)41-33-15-17-34(21-33)56(41)45(58)40(27(3)4)54-47(60)62-6/h7-14,16,18,22,24,26-27,33-34,38-41H,15,17,19-21,23,25H2,1-6H3,(H,49,52)(H,50,51)(H,53,59)(H,54,60). The minimum absolute atomic E-state index is 0.0889. The molecule has 6 atom stereocenters. The molecule has 4 amide bonds. The third-order valence-corrected chi connectivity index (χ3v) is 13.8. The average molecular weight is 841 g/mol. The van der Waals surface area contributed by atoms with E-state index in [1.165, 1.54) is 14.2 Å². The van der Waals surface area contributed by atoms with E-state index in [2.05, 4.69) is 81.3 Å². The Hall–Kier alpha value is -6.18. The Balaban J connectivity index is 0.888. The number of methoxy groups -OCH3 is 2. The predicted octanol–water partition coefficient (Wildman–Crippen LogP) is 8.15. The minimum atomic E-state index is -0.685. The van der Waals surface area contributed by atoms with Crippen LogP contribution in [0.1, 0.15) is 90.0 Å². The number of nitrogens with one attached hydrogen (secondary N) is 4. The number of rotatable bonds is 11. The number of fused-ring (bicyclic) bond motifs is 3. The van der Waals surface area contributed by atoms with Crippen LogP contribution in [-0.2, 0) is 19.1 Å². The third-order valence-electron chi connectivity index (χ3n) is 13.8. The van der Waals surface area contributed by atoms with Gasteiger partial charge in [0.25, 0.3) is 0 Å². The van der Waals surface area contributed by atoms with E-state index in [0.717, 1.165) is 94.7 Å². The van der Waals surface area contributed by atoms with Gasteiger partial charge in [-0.3, -0.25) is 9.59 Å². The molecule has 4 aliphatic rings. The molecule has 14 nitrogen and oxygen atoms in total. The fourth-order valence-corrected chi connectivity index (χ4v) is 10.2. The van der Waals surface area contributed by atoms with E-state index in [9.17, 15) is 19.2 Å². The van der Waals surface area contributed by atoms with Crippen LogP contribution < -0.4 is 10.6 Å². The van der Waals surface area contributed by atoms with Gasteiger partial charge in [-0.2, -0.15) is 0 Å². The maximum Gasteiger partial charge on any atom is 0.407 e. The molecule has 14 heteroatoms. The second kappa shape index (κ2) is 16.3. The van der Waals surface area contributed by atoms with E-state index in [1.54, 1.807) is 0 Å². The van der Waals surface area contributed by atoms with Crippen molar-refractivity contribution in [1.29, 1.82) is 0 Å². The summed E-state index contributed by atoms with van der Waals surface area (Å²) in [7, 11) is 2.62. The lowest BCUT2D eigenvalue weighted by molar-refractivity contribution is -0.139. The number of ether oxygens (including phenoxy) is 2. The van der Waals surface area contributed by atoms with Crippen molar-refractivity contribution in [2.75, 3.05) is 20.8 Å². The quantitative estimate of drug-likeness (QED) is 0.103. The Bertz CT molecular complexity index is 2490. The third kappa shape index (κ3) is 7.68. The molecular formula is C48H56N8O6. The summed E-state index contributed by atoms with van der Waals surface area (Å²) in [6.07, 6.45) is 6.57. The fourth-order valence-electron chi connectivity index (χ4n) is 10.2. The summed E-state index contributed by atoms with van der Waals surface area (Å²) < 4.78 is 9.66. The smallest absolute Gasteiger partial charge is 0.407 e. The molecule has 2 aliphatic carbocycles. The number of alkyl carbamates (subject to hydrolysis) is 2. The largest absolute Gasteiger partial charge is 0.453 e. The van der Waals surface area contributed by atoms with Gasteiger partial charge < -0.3 is 39.9 Å². The minimum Gasteiger partial charge on any atom is -0.453 e. The number of hydrogen-bond acceptors (Lipinski definition) is 8. The molecule has 4 heterocycles. The van der Waals surface area contributed by atoms with Gasteiger partial charge in [0.1, 0.15) is 23.7 Å². The van der Waals surface area contributed by atoms with E-state index in [0.29, 0.717) is 12.5 Å². The number of amides is 4. The molecule has 62 heavy (non-hydrogen) atoms. The molecule has 2 saturated heterocycles. The van der Waals surface area contributed by atoms with Gasteiger partial charge >= 0.3 is 12.2 Å². The van der Waals surface area contributed by atoms with E-state index in [-0.39, 0.29) is 47.2 Å². The van der Waals surface area contributed by atoms with Gasteiger partial charge in [-0.15, -0.1) is 0 Å². The summed E-state index contributed by atoms with van der Waals surface area (Å²) in [4.78, 5) is 72.9. The van der Waals surface area contributed by atoms with E-state index >= 15 is 0 Å². The van der Waals surface area contributed by atoms with E-state index < -0.39 is 24.3 Å². The summed E-state index contributed by atoms with van der Waals surface area (Å²) in [5.74, 6) is 1.45. The highest BCUT2D eigenvalue weighted by atomic mass is 16.5. The molecule has 2 bridgehead atoms. The molecule has 4 fully saturated rings. The zero-order valence-corrected chi connectivity index (χ0v) is 36.2. The van der Waals surface area contributed by atoms with Crippen molar-refractivity contribution in [3.63, 3.8) is 0 Å². The molecule has 2 aromatic heterocycles. The van der Waals surface area contributed by atoms with Gasteiger partial charge in [0, 0.05) is 12.6 Å². The van der Waals surface area contributed by atoms with Crippen molar-refractivity contribution in [3.8, 4) is 33.5 Å². The first-order valence-corrected chi connectivity index (χ1v) is 21.9. The number of piperidine rings is 1. The number of benzene rings is 3. The number of aromatic nitrogens is 4. The van der Waals surface area contributed by atoms with E-state index in [1.807, 2.05) is 49.8 Å². The maximum atomic E-state index is 14.0. The van der Waals surface area contributed by atoms with Crippen molar-refractivity contribution in [1.82, 2.24) is 40.4 Å². The van der Waals surface area contributed by atoms with Gasteiger partial charge in [0.05, 0.1) is 49.2 Å². The predicted molar refractivity (Wildman–Crippen MR) is 234 cm³/mol. The molecule has 5 aromatic rings. The average Bonchev–Trinajstić information content (AvgIpc) is 3.88. The van der Waals surface area contributed by atoms with Crippen molar-refractivity contribution in [3.05, 3.63) is 84.6 Å². The lowest BCUT2D eigenvalue weighted by Gasteiger charge is -2.37. The van der Waals surface area contributed by atoms with Gasteiger partial charge in [-0.25, -0.2) is 19.6 Å². The highest BCUT2D eigenvalue weighted by Gasteiger charge is 2.55. The first-order chi connectivity index (χ1) is 29.8. The Morgan fingerprint density at radius 1 is 0.742 bits per heavy atom. The van der Waals surface area contributed by atoms with Crippen LogP contribution in [0.25, 0.3) is 44.5 Å². The number of imidazole rings is 2. The second-order valence-electron chi connectivity index (χ2n) is 18.5. The van der Waals surface area contributed by atoms with Crippen molar-refractivity contribution in [2.24, 2.45) is 23.2 Å². The maximum absolute atomic E-state index is 14.0. The van der Waals surface area contributed by atoms with Crippen LogP contribution in [0, 0.1) is 23.2 Å². The topological polar surface area (TPSA) is 175 Å². The normalized spacial score (nSPS) is 22.1. The summed E-state index contributed by atoms with van der Waals surface area (Å²) >= 11 is 0. The summed E-state index contributed by atoms with van der Waals surface area (Å²) in [5, 5.41) is 5.52.